The van der Waals surface area contributed by atoms with E-state index in [2.05, 4.69) is 33.5 Å². The van der Waals surface area contributed by atoms with Crippen molar-refractivity contribution in [3.8, 4) is 57.1 Å². The van der Waals surface area contributed by atoms with Crippen LogP contribution >= 0.6 is 23.2 Å². The minimum Gasteiger partial charge on any atom is -0.508 e. The van der Waals surface area contributed by atoms with Crippen LogP contribution in [0.2, 0.25) is 16.9 Å². The highest BCUT2D eigenvalue weighted by atomic mass is 35.5. The molecule has 5 aromatic carbocycles. The van der Waals surface area contributed by atoms with Gasteiger partial charge in [-0.25, -0.2) is 9.59 Å². The number of carboxylic acids is 1. The second-order valence-corrected chi connectivity index (χ2v) is 34.8. The van der Waals surface area contributed by atoms with E-state index in [0.717, 1.165) is 85.9 Å². The minimum absolute atomic E-state index is 0. The van der Waals surface area contributed by atoms with Crippen LogP contribution in [0.4, 0.5) is 4.79 Å². The molecule has 2 saturated heterocycles. The molecule has 678 valence electrons. The Morgan fingerprint density at radius 1 is 0.750 bits per heavy atom. The van der Waals surface area contributed by atoms with E-state index in [-0.39, 0.29) is 80.1 Å². The minimum atomic E-state index is -2.21. The number of aliphatic hydroxyl groups excluding tert-OH is 5. The lowest BCUT2D eigenvalue weighted by Gasteiger charge is -2.48. The Hall–Kier alpha value is -9.51. The number of aromatic hydroxyl groups is 3. The van der Waals surface area contributed by atoms with Crippen LogP contribution < -0.4 is 46.5 Å². The summed E-state index contributed by atoms with van der Waals surface area (Å²) in [6.07, 6.45) is -11.3. The molecule has 38 heteroatoms. The van der Waals surface area contributed by atoms with E-state index >= 15 is 19.2 Å². The molecule has 7 aliphatic rings. The number of benzene rings is 5. The fraction of sp³-hybridized carbons (Fsp3) is 0.547. The maximum absolute atomic E-state index is 16.5. The largest absolute Gasteiger partial charge is 0.508 e. The Balaban J connectivity index is 0.0000174. The normalized spacial score (nSPS) is 25.7. The lowest BCUT2D eigenvalue weighted by atomic mass is 9.83. The van der Waals surface area contributed by atoms with Crippen molar-refractivity contribution in [1.29, 1.82) is 0 Å². The summed E-state index contributed by atoms with van der Waals surface area (Å²) in [5.41, 5.74) is 1.74. The van der Waals surface area contributed by atoms with E-state index in [4.69, 9.17) is 62.1 Å². The Morgan fingerprint density at radius 3 is 2.01 bits per heavy atom. The van der Waals surface area contributed by atoms with Gasteiger partial charge in [0.25, 0.3) is 0 Å². The Labute approximate surface area is 728 Å². The number of nitrogens with two attached hydrogens (primary N) is 1. The lowest BCUT2D eigenvalue weighted by Crippen LogP contribution is -2.66. The first-order valence-electron chi connectivity index (χ1n) is 41.4. The quantitative estimate of drug-likeness (QED) is 0.0194. The zero-order chi connectivity index (χ0) is 90.0. The Morgan fingerprint density at radius 2 is 1.40 bits per heavy atom. The van der Waals surface area contributed by atoms with Gasteiger partial charge in [-0.15, -0.1) is 0 Å². The summed E-state index contributed by atoms with van der Waals surface area (Å²) < 4.78 is 45.5. The molecular formula is C86H115BCl2N8O27. The molecule has 35 nitrogen and oxygen atoms in total. The number of fused-ring (bicyclic) bond motifs is 15. The van der Waals surface area contributed by atoms with Crippen molar-refractivity contribution in [1.82, 2.24) is 36.3 Å². The van der Waals surface area contributed by atoms with Crippen LogP contribution in [-0.2, 0) is 63.7 Å². The van der Waals surface area contributed by atoms with Crippen LogP contribution in [0.25, 0.3) is 11.1 Å². The molecule has 17 atom stereocenters. The van der Waals surface area contributed by atoms with Crippen LogP contribution in [0.3, 0.4) is 0 Å². The molecule has 6 amide bonds. The number of phenols is 3. The van der Waals surface area contributed by atoms with Crippen molar-refractivity contribution in [2.45, 2.75) is 255 Å². The number of aliphatic hydroxyl groups is 5. The van der Waals surface area contributed by atoms with E-state index in [1.807, 2.05) is 4.81 Å². The third-order valence-corrected chi connectivity index (χ3v) is 23.3. The highest BCUT2D eigenvalue weighted by Crippen LogP contribution is 2.50. The van der Waals surface area contributed by atoms with Gasteiger partial charge in [0.05, 0.1) is 40.7 Å². The molecule has 0 spiro atoms. The summed E-state index contributed by atoms with van der Waals surface area (Å²) >= 11 is 14.5. The van der Waals surface area contributed by atoms with Crippen molar-refractivity contribution in [3.05, 3.63) is 117 Å². The second-order valence-electron chi connectivity index (χ2n) is 34.0. The van der Waals surface area contributed by atoms with Crippen molar-refractivity contribution >= 4 is 83.4 Å². The van der Waals surface area contributed by atoms with Gasteiger partial charge in [0, 0.05) is 80.5 Å². The number of rotatable bonds is 27. The zero-order valence-corrected chi connectivity index (χ0v) is 72.4. The number of Topliss-reactive ketones (excluding diaryl/α,β-unsaturated/α-hetero) is 2. The monoisotopic (exact) mass is 1770 g/mol. The number of carboxylic acid groups (broad SMARTS) is 1. The number of aliphatic carboxylic acids is 1. The molecule has 7 heterocycles. The van der Waals surface area contributed by atoms with Gasteiger partial charge >= 0.3 is 19.1 Å². The average Bonchev–Trinajstić information content (AvgIpc) is 0.765. The first kappa shape index (κ1) is 98.3. The van der Waals surface area contributed by atoms with Gasteiger partial charge in [-0.05, 0) is 144 Å². The molecule has 9 unspecified atom stereocenters. The van der Waals surface area contributed by atoms with Crippen molar-refractivity contribution in [3.63, 3.8) is 0 Å². The van der Waals surface area contributed by atoms with Gasteiger partial charge in [-0.1, -0.05) is 107 Å². The van der Waals surface area contributed by atoms with Crippen molar-refractivity contribution in [2.24, 2.45) is 17.6 Å². The third-order valence-electron chi connectivity index (χ3n) is 22.7. The maximum Gasteiger partial charge on any atom is 0.410 e. The maximum atomic E-state index is 16.5. The molecular weight excluding hydrogens is 1660 g/mol. The van der Waals surface area contributed by atoms with Gasteiger partial charge in [0.15, 0.2) is 41.5 Å². The number of halogens is 2. The van der Waals surface area contributed by atoms with E-state index in [1.54, 1.807) is 55.3 Å². The molecule has 11 bridgehead atoms. The van der Waals surface area contributed by atoms with E-state index in [9.17, 15) is 75.0 Å². The number of likely N-dealkylation sites (N-methyl/N-ethyl adjacent to an activating group) is 1. The molecule has 2 fully saturated rings. The van der Waals surface area contributed by atoms with E-state index in [0.29, 0.717) is 13.1 Å². The van der Waals surface area contributed by atoms with Gasteiger partial charge in [-0.3, -0.25) is 38.5 Å². The molecule has 19 N–H and O–H groups in total. The number of ether oxygens (including phenoxy) is 7. The lowest BCUT2D eigenvalue weighted by molar-refractivity contribution is -0.334. The van der Waals surface area contributed by atoms with Gasteiger partial charge in [-0.2, -0.15) is 0 Å². The summed E-state index contributed by atoms with van der Waals surface area (Å²) in [5, 5.41) is 129. The summed E-state index contributed by atoms with van der Waals surface area (Å²) in [6.45, 7) is 15.7. The first-order valence-corrected chi connectivity index (χ1v) is 42.2. The van der Waals surface area contributed by atoms with E-state index in [1.165, 1.54) is 56.3 Å². The zero-order valence-electron chi connectivity index (χ0n) is 70.9. The van der Waals surface area contributed by atoms with Crippen molar-refractivity contribution in [2.75, 3.05) is 33.3 Å². The highest BCUT2D eigenvalue weighted by Gasteiger charge is 2.52. The molecule has 5 aromatic rings. The predicted octanol–water partition coefficient (Wildman–Crippen LogP) is 6.60. The number of amides is 6. The summed E-state index contributed by atoms with van der Waals surface area (Å²) in [6, 6.07) is 5.37. The van der Waals surface area contributed by atoms with Crippen molar-refractivity contribution < 1.29 is 133 Å². The molecule has 12 rings (SSSR count). The third kappa shape index (κ3) is 24.2. The van der Waals surface area contributed by atoms with Crippen LogP contribution in [0.1, 0.15) is 191 Å². The molecule has 0 saturated carbocycles. The fourth-order valence-electron chi connectivity index (χ4n) is 16.1. The molecule has 0 radical (unpaired) electrons. The van der Waals surface area contributed by atoms with Gasteiger partial charge in [0.2, 0.25) is 41.6 Å². The Kier molecular flexibility index (Phi) is 33.8. The second kappa shape index (κ2) is 42.7. The van der Waals surface area contributed by atoms with Gasteiger partial charge in [0.1, 0.15) is 82.9 Å². The number of hydrogen-bond acceptors (Lipinski definition) is 27. The highest BCUT2D eigenvalue weighted by molar-refractivity contribution is 6.45. The number of carbonyl (C=O) groups is 9. The van der Waals surface area contributed by atoms with Gasteiger partial charge < -0.3 is 127 Å². The predicted molar refractivity (Wildman–Crippen MR) is 451 cm³/mol. The van der Waals surface area contributed by atoms with Crippen LogP contribution in [0, 0.1) is 11.8 Å². The number of carbonyl (C=O) groups excluding carboxylic acids is 8. The molecule has 0 aromatic heterocycles. The standard InChI is InChI=1S/C86H113BCl2N8O26.H2O/c1-11-12-13-14-15-16-17-18-26-97(87(9)116)27-25-91-86(8)40-67(117-43(4)77(86)108)121-76-74(107)73(106)65(41-98)120-83(76)122-75-63-34-47-35-64(75)119-62-24-21-46(32-54(62)89)72(105)71(95-81(112)56(28-42(2)3)96(10)84(115)123-85(5,6)7)59(102)33-48(36-66(90)104)78(109)93-69(47)60(103)39-50-45-20-22-57(100)51(31-45)68-52(37-49(99)38-58(68)101)70(82(113)114)94-80(111)55(92-79(50)110)30-44-19-23-61(118-63)53(88)29-44;/h19-24,29,31-32,34-35,37-38,42-43,48,50,55-56,65,67,69-74,76-77,83,91,98-101,105-108,116H,11-18,25-28,30,33,36,39-41H2,1-10H3,(H2,90,104)(H,92,110)(H,93,109)(H,94,111)(H,95,112)(H,113,114);1H2/t43?,48-,50+,55-,56+,65?,67?,69+,70-,71-,72+,73?,74?,76?,77?,83?,86?;/m0./s1. The number of phenolic OH excluding ortho intramolecular Hbond substituents is 3. The van der Waals surface area contributed by atoms with E-state index < -0.39 is 247 Å². The smallest absolute Gasteiger partial charge is 0.410 e. The number of primary amides is 1. The summed E-state index contributed by atoms with van der Waals surface area (Å²) in [5.74, 6) is -18.4. The molecule has 7 aliphatic heterocycles. The number of nitrogens with one attached hydrogen (secondary N) is 5. The van der Waals surface area contributed by atoms with Crippen LogP contribution in [0.15, 0.2) is 78.9 Å². The molecule has 0 aliphatic carbocycles. The topological polar surface area (TPSA) is 545 Å². The number of unbranched alkanes of at least 4 members (excludes halogenated alkanes) is 7. The van der Waals surface area contributed by atoms with Crippen LogP contribution in [-0.4, -0.2) is 238 Å². The average molecular weight is 1770 g/mol. The Bertz CT molecular complexity index is 4680. The van der Waals surface area contributed by atoms with Crippen LogP contribution in [0.5, 0.6) is 46.0 Å². The fourth-order valence-corrected chi connectivity index (χ4v) is 16.5. The SMILES string of the molecule is CCCCCCCCCCN(CCNC1(C)CC(OC2C(Oc3c4cc5cc3Oc3ccc(cc3Cl)[C@@H](O)[C@@H](NC(=O)[C@@H](CC(C)C)N(C)C(=O)OC(C)(C)C)C(=O)C[C@@H](CC(N)=O)C(=O)N[C@H]5C(=O)C[C@H]3C(=O)N[C@@H](Cc5ccc(c(Cl)c5)O4)C(=O)N[C@H](C(=O)O)c4cc(O)cc(O)c4-c4cc3ccc4O)OC(CO)C(O)C2O)OC(C)C1O)B(C)O.O. The first-order chi connectivity index (χ1) is 58.1. The summed E-state index contributed by atoms with van der Waals surface area (Å²) in [4.78, 5) is 137. The number of ketones is 2. The molecule has 124 heavy (non-hydrogen) atoms. The number of nitrogens with zero attached hydrogens (tertiary/aromatic N) is 2. The summed E-state index contributed by atoms with van der Waals surface area (Å²) in [7, 11) is 0.485. The number of hydrogen-bond donors (Lipinski definition) is 16.